The zero-order valence-corrected chi connectivity index (χ0v) is 14.3. The number of nitrogens with zero attached hydrogens (tertiary/aromatic N) is 1. The Kier molecular flexibility index (Phi) is 5.88. The molecule has 1 fully saturated rings. The molecule has 3 rings (SSSR count). The summed E-state index contributed by atoms with van der Waals surface area (Å²) >= 11 is 0. The first kappa shape index (κ1) is 18.0. The van der Waals surface area contributed by atoms with Crippen molar-refractivity contribution < 1.29 is 23.1 Å². The second-order valence-corrected chi connectivity index (χ2v) is 6.20. The summed E-state index contributed by atoms with van der Waals surface area (Å²) in [5.74, 6) is 0.487. The number of furan rings is 1. The molecule has 138 valence electrons. The van der Waals surface area contributed by atoms with Crippen molar-refractivity contribution in [2.45, 2.75) is 19.4 Å². The third-order valence-electron chi connectivity index (χ3n) is 4.21. The van der Waals surface area contributed by atoms with E-state index >= 15 is 0 Å². The molecule has 1 aliphatic rings. The zero-order valence-electron chi connectivity index (χ0n) is 14.3. The fraction of sp³-hybridized carbons (Fsp3) is 0.368. The highest BCUT2D eigenvalue weighted by Crippen LogP contribution is 2.20. The predicted octanol–water partition coefficient (Wildman–Crippen LogP) is 2.35. The lowest BCUT2D eigenvalue weighted by atomic mass is 10.1. The van der Waals surface area contributed by atoms with Gasteiger partial charge in [-0.3, -0.25) is 9.59 Å². The number of ether oxygens (including phenoxy) is 1. The van der Waals surface area contributed by atoms with Gasteiger partial charge >= 0.3 is 0 Å². The maximum absolute atomic E-state index is 12.8. The van der Waals surface area contributed by atoms with E-state index < -0.39 is 0 Å². The highest BCUT2D eigenvalue weighted by molar-refractivity contribution is 5.89. The molecule has 0 spiro atoms. The summed E-state index contributed by atoms with van der Waals surface area (Å²) in [5.41, 5.74) is 0. The molecule has 1 atom stereocenters. The van der Waals surface area contributed by atoms with Crippen molar-refractivity contribution in [3.63, 3.8) is 0 Å². The Labute approximate surface area is 150 Å². The second kappa shape index (κ2) is 8.51. The molecule has 1 saturated heterocycles. The Bertz CT molecular complexity index is 731. The highest BCUT2D eigenvalue weighted by atomic mass is 19.1. The number of halogens is 1. The first-order valence-electron chi connectivity index (χ1n) is 8.58. The van der Waals surface area contributed by atoms with E-state index in [2.05, 4.69) is 5.32 Å². The van der Waals surface area contributed by atoms with Crippen LogP contribution in [0.15, 0.2) is 47.1 Å². The molecule has 1 unspecified atom stereocenters. The maximum atomic E-state index is 12.8. The zero-order chi connectivity index (χ0) is 18.4. The minimum absolute atomic E-state index is 0.0406. The van der Waals surface area contributed by atoms with Crippen molar-refractivity contribution in [1.82, 2.24) is 10.2 Å². The van der Waals surface area contributed by atoms with Gasteiger partial charge in [-0.25, -0.2) is 4.39 Å². The fourth-order valence-corrected chi connectivity index (χ4v) is 2.84. The fourth-order valence-electron chi connectivity index (χ4n) is 2.84. The summed E-state index contributed by atoms with van der Waals surface area (Å²) in [5, 5.41) is 2.84. The molecule has 7 heteroatoms. The highest BCUT2D eigenvalue weighted by Gasteiger charge is 2.34. The molecule has 0 bridgehead atoms. The predicted molar refractivity (Wildman–Crippen MR) is 91.8 cm³/mol. The van der Waals surface area contributed by atoms with E-state index in [1.54, 1.807) is 29.4 Å². The van der Waals surface area contributed by atoms with E-state index in [1.807, 2.05) is 6.07 Å². The van der Waals surface area contributed by atoms with Gasteiger partial charge < -0.3 is 19.4 Å². The smallest absolute Gasteiger partial charge is 0.225 e. The molecule has 6 nitrogen and oxygen atoms in total. The molecule has 1 aliphatic heterocycles. The third-order valence-corrected chi connectivity index (χ3v) is 4.21. The molecular weight excluding hydrogens is 339 g/mol. The van der Waals surface area contributed by atoms with Gasteiger partial charge in [-0.2, -0.15) is 0 Å². The summed E-state index contributed by atoms with van der Waals surface area (Å²) < 4.78 is 23.5. The van der Waals surface area contributed by atoms with Gasteiger partial charge in [0.2, 0.25) is 11.8 Å². The minimum atomic E-state index is -0.338. The van der Waals surface area contributed by atoms with Gasteiger partial charge in [0.05, 0.1) is 25.3 Å². The average Bonchev–Trinajstić information content (AvgIpc) is 3.27. The Hall–Kier alpha value is -2.83. The molecule has 2 heterocycles. The Morgan fingerprint density at radius 3 is 2.85 bits per heavy atom. The lowest BCUT2D eigenvalue weighted by Gasteiger charge is -2.15. The van der Waals surface area contributed by atoms with E-state index in [1.165, 1.54) is 12.1 Å². The molecule has 1 aromatic carbocycles. The number of carbonyl (C=O) groups is 2. The Morgan fingerprint density at radius 1 is 1.31 bits per heavy atom. The summed E-state index contributed by atoms with van der Waals surface area (Å²) in [6.45, 7) is 1.67. The quantitative estimate of drug-likeness (QED) is 0.734. The monoisotopic (exact) mass is 360 g/mol. The number of carbonyl (C=O) groups excluding carboxylic acids is 2. The van der Waals surface area contributed by atoms with Crippen molar-refractivity contribution in [3.05, 3.63) is 54.2 Å². The van der Waals surface area contributed by atoms with Crippen LogP contribution >= 0.6 is 0 Å². The van der Waals surface area contributed by atoms with Gasteiger partial charge in [0.15, 0.2) is 0 Å². The van der Waals surface area contributed by atoms with Crippen molar-refractivity contribution in [3.8, 4) is 5.75 Å². The third kappa shape index (κ3) is 4.84. The van der Waals surface area contributed by atoms with E-state index in [0.717, 1.165) is 0 Å². The van der Waals surface area contributed by atoms with Crippen molar-refractivity contribution in [2.75, 3.05) is 19.7 Å². The van der Waals surface area contributed by atoms with Gasteiger partial charge in [0.1, 0.15) is 17.3 Å². The number of hydrogen-bond acceptors (Lipinski definition) is 4. The van der Waals surface area contributed by atoms with Crippen LogP contribution in [0.25, 0.3) is 0 Å². The lowest BCUT2D eigenvalue weighted by molar-refractivity contribution is -0.129. The largest absolute Gasteiger partial charge is 0.494 e. The first-order chi connectivity index (χ1) is 12.6. The Morgan fingerprint density at radius 2 is 2.12 bits per heavy atom. The van der Waals surface area contributed by atoms with Gasteiger partial charge in [0, 0.05) is 19.5 Å². The maximum Gasteiger partial charge on any atom is 0.225 e. The molecule has 0 aliphatic carbocycles. The molecule has 0 saturated carbocycles. The standard InChI is InChI=1S/C19H21FN2O4/c20-15-4-6-16(7-5-15)25-10-2-8-21-19(24)14-11-18(23)22(12-14)13-17-3-1-9-26-17/h1,3-7,9,14H,2,8,10-13H2,(H,21,24). The van der Waals surface area contributed by atoms with Crippen molar-refractivity contribution in [2.24, 2.45) is 5.92 Å². The van der Waals surface area contributed by atoms with Crippen LogP contribution in [0.5, 0.6) is 5.75 Å². The molecule has 1 aromatic heterocycles. The Balaban J connectivity index is 1.34. The molecule has 0 radical (unpaired) electrons. The van der Waals surface area contributed by atoms with Crippen molar-refractivity contribution in [1.29, 1.82) is 0 Å². The number of amides is 2. The molecule has 26 heavy (non-hydrogen) atoms. The summed E-state index contributed by atoms with van der Waals surface area (Å²) in [4.78, 5) is 25.9. The number of benzene rings is 1. The second-order valence-electron chi connectivity index (χ2n) is 6.20. The van der Waals surface area contributed by atoms with Crippen LogP contribution in [0.1, 0.15) is 18.6 Å². The van der Waals surface area contributed by atoms with E-state index in [0.29, 0.717) is 44.2 Å². The molecule has 1 N–H and O–H groups in total. The van der Waals surface area contributed by atoms with Gasteiger partial charge in [-0.05, 0) is 42.8 Å². The van der Waals surface area contributed by atoms with Crippen LogP contribution in [-0.2, 0) is 16.1 Å². The molecule has 2 amide bonds. The number of hydrogen-bond donors (Lipinski definition) is 1. The van der Waals surface area contributed by atoms with Crippen LogP contribution in [0.3, 0.4) is 0 Å². The average molecular weight is 360 g/mol. The summed E-state index contributed by atoms with van der Waals surface area (Å²) in [7, 11) is 0. The van der Waals surface area contributed by atoms with Crippen LogP contribution in [0.4, 0.5) is 4.39 Å². The van der Waals surface area contributed by atoms with Crippen LogP contribution in [0.2, 0.25) is 0 Å². The van der Waals surface area contributed by atoms with E-state index in [-0.39, 0.29) is 30.0 Å². The normalized spacial score (nSPS) is 16.7. The topological polar surface area (TPSA) is 71.8 Å². The SMILES string of the molecule is O=C(NCCCOc1ccc(F)cc1)C1CC(=O)N(Cc2ccco2)C1. The van der Waals surface area contributed by atoms with Crippen LogP contribution in [0, 0.1) is 11.7 Å². The minimum Gasteiger partial charge on any atom is -0.494 e. The number of rotatable bonds is 8. The van der Waals surface area contributed by atoms with Gasteiger partial charge in [0.25, 0.3) is 0 Å². The first-order valence-corrected chi connectivity index (χ1v) is 8.58. The van der Waals surface area contributed by atoms with Crippen LogP contribution < -0.4 is 10.1 Å². The van der Waals surface area contributed by atoms with Crippen molar-refractivity contribution >= 4 is 11.8 Å². The lowest BCUT2D eigenvalue weighted by Crippen LogP contribution is -2.33. The van der Waals surface area contributed by atoms with Gasteiger partial charge in [-0.1, -0.05) is 0 Å². The number of nitrogens with one attached hydrogen (secondary N) is 1. The van der Waals surface area contributed by atoms with E-state index in [9.17, 15) is 14.0 Å². The van der Waals surface area contributed by atoms with Crippen LogP contribution in [-0.4, -0.2) is 36.4 Å². The summed E-state index contributed by atoms with van der Waals surface area (Å²) in [6, 6.07) is 9.37. The number of likely N-dealkylation sites (tertiary alicyclic amines) is 1. The molecular formula is C19H21FN2O4. The van der Waals surface area contributed by atoms with Gasteiger partial charge in [-0.15, -0.1) is 0 Å². The summed E-state index contributed by atoms with van der Waals surface area (Å²) in [6.07, 6.45) is 2.41. The molecule has 2 aromatic rings. The van der Waals surface area contributed by atoms with E-state index in [4.69, 9.17) is 9.15 Å².